The standard InChI is InChI=1S/C35H26ClN5O4S2/c1-21-29(40-18-8-7-13-27(40)37-21)31(42)28-30(23-14-16-25(17-15-23)45-19-22-9-3-2-4-10-22)41(33(44)32(28)43)34-38-39-35(47-34)46-20-24-11-5-6-12-26(24)36/h2-18,30,42H,19-20H2,1H3/b31-28+. The molecule has 0 saturated carbocycles. The summed E-state index contributed by atoms with van der Waals surface area (Å²) in [7, 11) is 0. The van der Waals surface area contributed by atoms with Crippen LogP contribution in [0.4, 0.5) is 5.13 Å². The average Bonchev–Trinajstić information content (AvgIpc) is 3.77. The summed E-state index contributed by atoms with van der Waals surface area (Å²) in [5.41, 5.74) is 3.92. The number of carbonyl (C=O) groups is 2. The number of ketones is 1. The van der Waals surface area contributed by atoms with E-state index in [2.05, 4.69) is 15.2 Å². The SMILES string of the molecule is Cc1nc2ccccn2c1/C(O)=C1\C(=O)C(=O)N(c2nnc(SCc3ccccc3Cl)s2)C1c1ccc(OCc2ccccc2)cc1. The molecule has 234 valence electrons. The number of thioether (sulfide) groups is 1. The Morgan fingerprint density at radius 1 is 0.957 bits per heavy atom. The van der Waals surface area contributed by atoms with Crippen LogP contribution in [0.15, 0.2) is 113 Å². The van der Waals surface area contributed by atoms with Crippen molar-refractivity contribution in [2.45, 2.75) is 29.7 Å². The summed E-state index contributed by atoms with van der Waals surface area (Å²) >= 11 is 8.96. The number of nitrogens with zero attached hydrogens (tertiary/aromatic N) is 5. The highest BCUT2D eigenvalue weighted by atomic mass is 35.5. The predicted molar refractivity (Wildman–Crippen MR) is 183 cm³/mol. The molecule has 1 fully saturated rings. The fraction of sp³-hybridized carbons (Fsp3) is 0.114. The maximum Gasteiger partial charge on any atom is 0.301 e. The monoisotopic (exact) mass is 679 g/mol. The molecule has 1 saturated heterocycles. The number of Topliss-reactive ketones (excluding diaryl/α,β-unsaturated/α-hetero) is 1. The van der Waals surface area contributed by atoms with Gasteiger partial charge in [-0.2, -0.15) is 0 Å². The second kappa shape index (κ2) is 13.0. The van der Waals surface area contributed by atoms with Crippen LogP contribution < -0.4 is 9.64 Å². The lowest BCUT2D eigenvalue weighted by Gasteiger charge is -2.22. The first-order chi connectivity index (χ1) is 22.9. The van der Waals surface area contributed by atoms with Crippen LogP contribution in [-0.4, -0.2) is 36.4 Å². The summed E-state index contributed by atoms with van der Waals surface area (Å²) in [6, 6.07) is 28.9. The zero-order valence-corrected chi connectivity index (χ0v) is 27.3. The molecule has 1 aliphatic heterocycles. The van der Waals surface area contributed by atoms with Crippen molar-refractivity contribution in [2.24, 2.45) is 0 Å². The highest BCUT2D eigenvalue weighted by Crippen LogP contribution is 2.44. The van der Waals surface area contributed by atoms with Crippen LogP contribution in [0.5, 0.6) is 5.75 Å². The quantitative estimate of drug-likeness (QED) is 0.0546. The van der Waals surface area contributed by atoms with E-state index in [1.807, 2.05) is 60.7 Å². The van der Waals surface area contributed by atoms with Crippen LogP contribution in [0, 0.1) is 6.92 Å². The maximum absolute atomic E-state index is 13.8. The first-order valence-corrected chi connectivity index (χ1v) is 16.8. The molecule has 9 nitrogen and oxygen atoms in total. The molecule has 1 atom stereocenters. The van der Waals surface area contributed by atoms with E-state index in [9.17, 15) is 14.7 Å². The van der Waals surface area contributed by atoms with Gasteiger partial charge in [-0.25, -0.2) is 4.98 Å². The van der Waals surface area contributed by atoms with E-state index in [0.29, 0.717) is 50.1 Å². The number of halogens is 1. The number of pyridine rings is 1. The zero-order valence-electron chi connectivity index (χ0n) is 24.9. The Labute approximate surface area is 283 Å². The number of aliphatic hydroxyl groups is 1. The van der Waals surface area contributed by atoms with Gasteiger partial charge in [-0.3, -0.25) is 18.9 Å². The normalized spacial score (nSPS) is 15.9. The minimum Gasteiger partial charge on any atom is -0.505 e. The van der Waals surface area contributed by atoms with Gasteiger partial charge in [-0.15, -0.1) is 10.2 Å². The number of benzene rings is 3. The summed E-state index contributed by atoms with van der Waals surface area (Å²) in [4.78, 5) is 33.4. The predicted octanol–water partition coefficient (Wildman–Crippen LogP) is 7.65. The third kappa shape index (κ3) is 6.00. The van der Waals surface area contributed by atoms with Crippen molar-refractivity contribution in [1.29, 1.82) is 0 Å². The summed E-state index contributed by atoms with van der Waals surface area (Å²) in [6.45, 7) is 2.13. The van der Waals surface area contributed by atoms with Gasteiger partial charge in [-0.1, -0.05) is 101 Å². The third-order valence-electron chi connectivity index (χ3n) is 7.73. The van der Waals surface area contributed by atoms with Gasteiger partial charge < -0.3 is 9.84 Å². The first kappa shape index (κ1) is 30.7. The zero-order chi connectivity index (χ0) is 32.5. The number of hydrogen-bond acceptors (Lipinski definition) is 9. The Kier molecular flexibility index (Phi) is 8.50. The molecule has 0 bridgehead atoms. The number of aliphatic hydroxyl groups excluding tert-OH is 1. The van der Waals surface area contributed by atoms with Gasteiger partial charge in [0.05, 0.1) is 17.3 Å². The van der Waals surface area contributed by atoms with Gasteiger partial charge in [0, 0.05) is 17.0 Å². The summed E-state index contributed by atoms with van der Waals surface area (Å²) in [6.07, 6.45) is 1.75. The second-order valence-electron chi connectivity index (χ2n) is 10.7. The first-order valence-electron chi connectivity index (χ1n) is 14.6. The van der Waals surface area contributed by atoms with Crippen molar-refractivity contribution in [2.75, 3.05) is 4.90 Å². The largest absolute Gasteiger partial charge is 0.505 e. The molecule has 0 spiro atoms. The van der Waals surface area contributed by atoms with Crippen LogP contribution in [0.25, 0.3) is 11.4 Å². The van der Waals surface area contributed by atoms with Gasteiger partial charge >= 0.3 is 5.91 Å². The number of fused-ring (bicyclic) bond motifs is 1. The van der Waals surface area contributed by atoms with E-state index in [1.54, 1.807) is 53.9 Å². The molecule has 4 heterocycles. The number of aryl methyl sites for hydroxylation is 1. The number of imidazole rings is 1. The molecular weight excluding hydrogens is 654 g/mol. The number of amides is 1. The van der Waals surface area contributed by atoms with E-state index >= 15 is 0 Å². The number of ether oxygens (including phenoxy) is 1. The Bertz CT molecular complexity index is 2150. The lowest BCUT2D eigenvalue weighted by Crippen LogP contribution is -2.29. The highest BCUT2D eigenvalue weighted by molar-refractivity contribution is 8.00. The molecule has 47 heavy (non-hydrogen) atoms. The van der Waals surface area contributed by atoms with Crippen LogP contribution in [0.1, 0.15) is 34.1 Å². The number of aromatic nitrogens is 4. The Hall–Kier alpha value is -4.97. The van der Waals surface area contributed by atoms with Crippen molar-refractivity contribution in [1.82, 2.24) is 19.6 Å². The average molecular weight is 680 g/mol. The summed E-state index contributed by atoms with van der Waals surface area (Å²) < 4.78 is 8.28. The molecule has 7 rings (SSSR count). The molecule has 0 radical (unpaired) electrons. The van der Waals surface area contributed by atoms with Gasteiger partial charge in [0.15, 0.2) is 10.1 Å². The van der Waals surface area contributed by atoms with E-state index < -0.39 is 17.7 Å². The highest BCUT2D eigenvalue weighted by Gasteiger charge is 2.49. The Morgan fingerprint density at radius 3 is 2.49 bits per heavy atom. The van der Waals surface area contributed by atoms with Gasteiger partial charge in [0.1, 0.15) is 23.7 Å². The molecule has 1 unspecified atom stereocenters. The van der Waals surface area contributed by atoms with Crippen LogP contribution in [0.2, 0.25) is 5.02 Å². The molecule has 3 aromatic carbocycles. The van der Waals surface area contributed by atoms with Gasteiger partial charge in [0.2, 0.25) is 5.13 Å². The third-order valence-corrected chi connectivity index (χ3v) is 10.2. The van der Waals surface area contributed by atoms with Gasteiger partial charge in [0.25, 0.3) is 5.78 Å². The molecule has 0 aliphatic carbocycles. The molecule has 3 aromatic heterocycles. The topological polar surface area (TPSA) is 110 Å². The Balaban J connectivity index is 1.27. The van der Waals surface area contributed by atoms with Crippen molar-refractivity contribution in [3.63, 3.8) is 0 Å². The van der Waals surface area contributed by atoms with Crippen molar-refractivity contribution in [3.05, 3.63) is 142 Å². The number of anilines is 1. The number of carbonyl (C=O) groups excluding carboxylic acids is 2. The summed E-state index contributed by atoms with van der Waals surface area (Å²) in [5.74, 6) is -0.807. The van der Waals surface area contributed by atoms with E-state index in [-0.39, 0.29) is 16.5 Å². The second-order valence-corrected chi connectivity index (χ2v) is 13.3. The number of hydrogen-bond donors (Lipinski definition) is 1. The Morgan fingerprint density at radius 2 is 1.70 bits per heavy atom. The number of rotatable bonds is 9. The van der Waals surface area contributed by atoms with Crippen LogP contribution in [-0.2, 0) is 21.9 Å². The summed E-state index contributed by atoms with van der Waals surface area (Å²) in [5, 5.41) is 21.3. The fourth-order valence-electron chi connectivity index (χ4n) is 5.47. The molecule has 1 N–H and O–H groups in total. The molecular formula is C35H26ClN5O4S2. The van der Waals surface area contributed by atoms with Crippen LogP contribution >= 0.6 is 34.7 Å². The van der Waals surface area contributed by atoms with E-state index in [0.717, 1.165) is 11.1 Å². The maximum atomic E-state index is 13.8. The van der Waals surface area contributed by atoms with Gasteiger partial charge in [-0.05, 0) is 53.9 Å². The lowest BCUT2D eigenvalue weighted by atomic mass is 9.96. The molecule has 6 aromatic rings. The van der Waals surface area contributed by atoms with E-state index in [1.165, 1.54) is 28.0 Å². The van der Waals surface area contributed by atoms with Crippen molar-refractivity contribution in [3.8, 4) is 5.75 Å². The van der Waals surface area contributed by atoms with Crippen molar-refractivity contribution >= 4 is 62.9 Å². The van der Waals surface area contributed by atoms with Crippen molar-refractivity contribution < 1.29 is 19.4 Å². The lowest BCUT2D eigenvalue weighted by molar-refractivity contribution is -0.132. The molecule has 1 aliphatic rings. The minimum absolute atomic E-state index is 0.0674. The van der Waals surface area contributed by atoms with Crippen LogP contribution in [0.3, 0.4) is 0 Å². The van der Waals surface area contributed by atoms with E-state index in [4.69, 9.17) is 16.3 Å². The molecule has 1 amide bonds. The smallest absolute Gasteiger partial charge is 0.301 e. The minimum atomic E-state index is -0.985. The fourth-order valence-corrected chi connectivity index (χ4v) is 7.63. The molecule has 12 heteroatoms.